The Morgan fingerprint density at radius 1 is 1.02 bits per heavy atom. The van der Waals surface area contributed by atoms with Crippen molar-refractivity contribution in [2.24, 2.45) is 5.92 Å². The van der Waals surface area contributed by atoms with Gasteiger partial charge in [0.25, 0.3) is 0 Å². The Bertz CT molecular complexity index is 1680. The Balaban J connectivity index is 1.36. The monoisotopic (exact) mass is 598 g/mol. The third-order valence-electron chi connectivity index (χ3n) is 7.61. The summed E-state index contributed by atoms with van der Waals surface area (Å²) in [7, 11) is 1.65. The normalized spacial score (nSPS) is 15.4. The van der Waals surface area contributed by atoms with Gasteiger partial charge in [0, 0.05) is 52.0 Å². The maximum absolute atomic E-state index is 15.6. The van der Waals surface area contributed by atoms with E-state index in [-0.39, 0.29) is 46.6 Å². The minimum Gasteiger partial charge on any atom is -0.477 e. The highest BCUT2D eigenvalue weighted by atomic mass is 19.1. The van der Waals surface area contributed by atoms with Gasteiger partial charge in [-0.25, -0.2) is 13.6 Å². The summed E-state index contributed by atoms with van der Waals surface area (Å²) in [6, 6.07) is 4.62. The van der Waals surface area contributed by atoms with E-state index in [9.17, 15) is 24.3 Å². The lowest BCUT2D eigenvalue weighted by Crippen LogP contribution is -2.48. The first-order valence-corrected chi connectivity index (χ1v) is 13.7. The molecule has 1 unspecified atom stereocenters. The summed E-state index contributed by atoms with van der Waals surface area (Å²) >= 11 is 0. The van der Waals surface area contributed by atoms with Crippen LogP contribution in [0.3, 0.4) is 0 Å². The molecule has 0 aliphatic carbocycles. The number of benzene rings is 2. The Hall–Kier alpha value is -4.88. The molecule has 228 valence electrons. The van der Waals surface area contributed by atoms with Crippen LogP contribution in [0, 0.1) is 17.6 Å². The Kier molecular flexibility index (Phi) is 7.86. The number of aromatic nitrogens is 1. The fraction of sp³-hybridized carbons (Fsp3) is 0.379. The number of carboxylic acids is 1. The van der Waals surface area contributed by atoms with Crippen molar-refractivity contribution in [3.63, 3.8) is 0 Å². The molecule has 0 saturated carbocycles. The van der Waals surface area contributed by atoms with Gasteiger partial charge in [0.2, 0.25) is 17.2 Å². The second kappa shape index (κ2) is 11.4. The van der Waals surface area contributed by atoms with Gasteiger partial charge >= 0.3 is 5.97 Å². The minimum absolute atomic E-state index is 0.00270. The molecule has 3 N–H and O–H groups in total. The van der Waals surface area contributed by atoms with Crippen LogP contribution in [0.5, 0.6) is 5.75 Å². The molecule has 1 atom stereocenters. The van der Waals surface area contributed by atoms with E-state index in [0.717, 1.165) is 6.07 Å². The lowest BCUT2D eigenvalue weighted by atomic mass is 10.0. The summed E-state index contributed by atoms with van der Waals surface area (Å²) < 4.78 is 38.1. The average Bonchev–Trinajstić information content (AvgIpc) is 2.94. The molecule has 1 fully saturated rings. The molecule has 1 aromatic heterocycles. The molecule has 43 heavy (non-hydrogen) atoms. The number of pyridine rings is 1. The highest BCUT2D eigenvalue weighted by Crippen LogP contribution is 2.40. The first kappa shape index (κ1) is 29.6. The van der Waals surface area contributed by atoms with E-state index in [2.05, 4.69) is 10.6 Å². The maximum atomic E-state index is 15.6. The number of hydrogen-bond donors (Lipinski definition) is 3. The number of nitrogens with one attached hydrogen (secondary N) is 2. The third-order valence-corrected chi connectivity index (χ3v) is 7.61. The molecule has 2 aliphatic rings. The van der Waals surface area contributed by atoms with Crippen LogP contribution < -0.4 is 35.6 Å². The summed E-state index contributed by atoms with van der Waals surface area (Å²) in [5, 5.41) is 16.2. The first-order valence-electron chi connectivity index (χ1n) is 13.7. The van der Waals surface area contributed by atoms with E-state index < -0.39 is 40.5 Å². The van der Waals surface area contributed by atoms with Crippen molar-refractivity contribution in [3.8, 4) is 5.75 Å². The number of carbonyl (C=O) groups is 3. The highest BCUT2D eigenvalue weighted by Gasteiger charge is 2.31. The van der Waals surface area contributed by atoms with Gasteiger partial charge in [0.15, 0.2) is 18.3 Å². The van der Waals surface area contributed by atoms with Gasteiger partial charge in [-0.15, -0.1) is 0 Å². The summed E-state index contributed by atoms with van der Waals surface area (Å²) in [6.45, 7) is 6.18. The van der Waals surface area contributed by atoms with E-state index in [4.69, 9.17) is 4.74 Å². The average molecular weight is 599 g/mol. The molecule has 2 aromatic carbocycles. The van der Waals surface area contributed by atoms with Gasteiger partial charge in [0.1, 0.15) is 28.6 Å². The zero-order valence-corrected chi connectivity index (χ0v) is 24.1. The topological polar surface area (TPSA) is 136 Å². The van der Waals surface area contributed by atoms with Gasteiger partial charge < -0.3 is 30.3 Å². The van der Waals surface area contributed by atoms with Crippen molar-refractivity contribution in [1.29, 1.82) is 0 Å². The molecule has 5 rings (SSSR count). The van der Waals surface area contributed by atoms with Gasteiger partial charge in [0.05, 0.1) is 11.1 Å². The molecule has 0 radical (unpaired) electrons. The van der Waals surface area contributed by atoms with E-state index in [0.29, 0.717) is 31.9 Å². The minimum atomic E-state index is -1.41. The van der Waals surface area contributed by atoms with Crippen molar-refractivity contribution in [2.75, 3.05) is 60.1 Å². The Morgan fingerprint density at radius 3 is 2.30 bits per heavy atom. The van der Waals surface area contributed by atoms with Crippen molar-refractivity contribution >= 4 is 45.7 Å². The predicted octanol–water partition coefficient (Wildman–Crippen LogP) is 2.32. The second-order valence-electron chi connectivity index (χ2n) is 10.9. The first-order chi connectivity index (χ1) is 20.4. The Labute approximate surface area is 245 Å². The van der Waals surface area contributed by atoms with Gasteiger partial charge in [-0.05, 0) is 30.2 Å². The molecule has 0 spiro atoms. The van der Waals surface area contributed by atoms with E-state index >= 15 is 8.78 Å². The van der Waals surface area contributed by atoms with Gasteiger partial charge in [-0.1, -0.05) is 13.8 Å². The SMILES string of the molecule is CC(=O)NC(C(=O)Nc1ccc(N2CCN(c3c(F)cc4c(=O)c(C(=O)O)cn5c4c3OCN5C)CC2)c(F)c1)C(C)C. The van der Waals surface area contributed by atoms with Crippen LogP contribution in [0.2, 0.25) is 0 Å². The molecule has 1 saturated heterocycles. The van der Waals surface area contributed by atoms with Crippen molar-refractivity contribution in [3.05, 3.63) is 57.9 Å². The van der Waals surface area contributed by atoms with Gasteiger partial charge in [-0.2, -0.15) is 0 Å². The Morgan fingerprint density at radius 2 is 1.70 bits per heavy atom. The predicted molar refractivity (Wildman–Crippen MR) is 157 cm³/mol. The second-order valence-corrected chi connectivity index (χ2v) is 10.9. The van der Waals surface area contributed by atoms with Crippen LogP contribution in [0.1, 0.15) is 31.1 Å². The highest BCUT2D eigenvalue weighted by molar-refractivity contribution is 5.98. The van der Waals surface area contributed by atoms with Gasteiger partial charge in [-0.3, -0.25) is 24.1 Å². The zero-order valence-electron chi connectivity index (χ0n) is 24.1. The number of piperazine rings is 1. The number of halogens is 2. The van der Waals surface area contributed by atoms with Crippen LogP contribution in [-0.2, 0) is 9.59 Å². The van der Waals surface area contributed by atoms with Crippen LogP contribution in [0.15, 0.2) is 35.3 Å². The number of rotatable bonds is 7. The molecule has 0 bridgehead atoms. The van der Waals surface area contributed by atoms with Crippen LogP contribution >= 0.6 is 0 Å². The quantitative estimate of drug-likeness (QED) is 0.374. The van der Waals surface area contributed by atoms with Crippen LogP contribution in [0.25, 0.3) is 10.9 Å². The fourth-order valence-electron chi connectivity index (χ4n) is 5.46. The number of carbonyl (C=O) groups excluding carboxylic acids is 2. The van der Waals surface area contributed by atoms with Crippen molar-refractivity contribution in [1.82, 2.24) is 9.99 Å². The van der Waals surface area contributed by atoms with Crippen molar-refractivity contribution in [2.45, 2.75) is 26.8 Å². The number of ether oxygens (including phenoxy) is 1. The number of carboxylic acid groups (broad SMARTS) is 1. The molecule has 3 aromatic rings. The summed E-state index contributed by atoms with van der Waals surface area (Å²) in [6.07, 6.45) is 1.20. The number of anilines is 3. The molecule has 12 nitrogen and oxygen atoms in total. The largest absolute Gasteiger partial charge is 0.477 e. The number of amides is 2. The summed E-state index contributed by atoms with van der Waals surface area (Å²) in [5.41, 5.74) is -0.309. The zero-order chi connectivity index (χ0) is 31.2. The molecular formula is C29H32F2N6O6. The van der Waals surface area contributed by atoms with Crippen LogP contribution in [-0.4, -0.2) is 73.6 Å². The lowest BCUT2D eigenvalue weighted by molar-refractivity contribution is -0.126. The van der Waals surface area contributed by atoms with E-state index in [1.807, 2.05) is 0 Å². The summed E-state index contributed by atoms with van der Waals surface area (Å²) in [5.74, 6) is -3.52. The third kappa shape index (κ3) is 5.51. The maximum Gasteiger partial charge on any atom is 0.341 e. The summed E-state index contributed by atoms with van der Waals surface area (Å²) in [4.78, 5) is 52.2. The lowest BCUT2D eigenvalue weighted by Gasteiger charge is -2.39. The number of nitrogens with zero attached hydrogens (tertiary/aromatic N) is 4. The van der Waals surface area contributed by atoms with Crippen molar-refractivity contribution < 1.29 is 33.0 Å². The van der Waals surface area contributed by atoms with E-state index in [1.165, 1.54) is 23.9 Å². The molecule has 14 heteroatoms. The smallest absolute Gasteiger partial charge is 0.341 e. The molecule has 2 amide bonds. The number of aromatic carboxylic acids is 1. The van der Waals surface area contributed by atoms with E-state index in [1.54, 1.807) is 47.8 Å². The number of hydrogen-bond acceptors (Lipinski definition) is 8. The fourth-order valence-corrected chi connectivity index (χ4v) is 5.46. The standard InChI is InChI=1S/C29H32F2N6O6/c1-15(2)23(32-16(3)38)28(40)33-17-5-6-22(20(30)11-17)35-7-9-36(10-8-35)25-21(31)12-18-24-27(25)43-14-34(4)37(24)13-19(26(18)39)29(41)42/h5-6,11-13,15,23H,7-10,14H2,1-4H3,(H,32,38)(H,33,40)(H,41,42). The molecular weight excluding hydrogens is 566 g/mol. The van der Waals surface area contributed by atoms with Crippen LogP contribution in [0.4, 0.5) is 25.8 Å². The molecule has 3 heterocycles. The molecule has 2 aliphatic heterocycles.